The van der Waals surface area contributed by atoms with E-state index in [0.717, 1.165) is 26.6 Å². The molecule has 212 valence electrons. The number of rotatable bonds is 11. The average molecular weight is 570 g/mol. The van der Waals surface area contributed by atoms with Crippen molar-refractivity contribution in [2.45, 2.75) is 37.8 Å². The van der Waals surface area contributed by atoms with Crippen LogP contribution in [-0.2, 0) is 32.6 Å². The van der Waals surface area contributed by atoms with Crippen LogP contribution in [0.15, 0.2) is 114 Å². The Bertz CT molecular complexity index is 1570. The van der Waals surface area contributed by atoms with Gasteiger partial charge in [0, 0.05) is 20.0 Å². The van der Waals surface area contributed by atoms with E-state index in [1.165, 1.54) is 24.1 Å². The number of hydrogen-bond donors (Lipinski definition) is 1. The molecule has 1 unspecified atom stereocenters. The molecule has 4 rings (SSSR count). The summed E-state index contributed by atoms with van der Waals surface area (Å²) < 4.78 is 29.0. The molecule has 0 spiro atoms. The summed E-state index contributed by atoms with van der Waals surface area (Å²) in [7, 11) is -2.57. The van der Waals surface area contributed by atoms with Gasteiger partial charge in [-0.15, -0.1) is 0 Å². The molecule has 0 saturated heterocycles. The first-order chi connectivity index (χ1) is 19.7. The van der Waals surface area contributed by atoms with Crippen molar-refractivity contribution in [1.82, 2.24) is 10.2 Å². The molecule has 0 aromatic heterocycles. The molecule has 0 radical (unpaired) electrons. The Morgan fingerprint density at radius 2 is 1.39 bits per heavy atom. The predicted octanol–water partition coefficient (Wildman–Crippen LogP) is 4.88. The molecule has 0 fully saturated rings. The van der Waals surface area contributed by atoms with Gasteiger partial charge in [0.25, 0.3) is 10.0 Å². The van der Waals surface area contributed by atoms with Gasteiger partial charge in [-0.05, 0) is 54.8 Å². The van der Waals surface area contributed by atoms with E-state index in [1.807, 2.05) is 74.5 Å². The average Bonchev–Trinajstić information content (AvgIpc) is 2.99. The van der Waals surface area contributed by atoms with Crippen molar-refractivity contribution in [3.05, 3.63) is 131 Å². The molecule has 0 aliphatic rings. The highest BCUT2D eigenvalue weighted by Gasteiger charge is 2.34. The first-order valence-electron chi connectivity index (χ1n) is 13.4. The molecule has 4 aromatic carbocycles. The maximum Gasteiger partial charge on any atom is 0.264 e. The topological polar surface area (TPSA) is 86.8 Å². The summed E-state index contributed by atoms with van der Waals surface area (Å²) in [5.41, 5.74) is 4.01. The highest BCUT2D eigenvalue weighted by molar-refractivity contribution is 7.92. The minimum atomic E-state index is -4.10. The van der Waals surface area contributed by atoms with Gasteiger partial charge in [0.2, 0.25) is 11.8 Å². The Hall–Kier alpha value is -4.43. The maximum atomic E-state index is 14.3. The maximum absolute atomic E-state index is 14.3. The van der Waals surface area contributed by atoms with Gasteiger partial charge in [0.1, 0.15) is 12.6 Å². The van der Waals surface area contributed by atoms with Gasteiger partial charge in [0.15, 0.2) is 0 Å². The fourth-order valence-corrected chi connectivity index (χ4v) is 6.07. The van der Waals surface area contributed by atoms with E-state index in [9.17, 15) is 18.0 Å². The van der Waals surface area contributed by atoms with Crippen molar-refractivity contribution >= 4 is 27.5 Å². The summed E-state index contributed by atoms with van der Waals surface area (Å²) in [5, 5.41) is 2.70. The van der Waals surface area contributed by atoms with E-state index in [0.29, 0.717) is 5.69 Å². The third kappa shape index (κ3) is 7.41. The van der Waals surface area contributed by atoms with Crippen LogP contribution in [0.1, 0.15) is 22.3 Å². The van der Waals surface area contributed by atoms with Gasteiger partial charge < -0.3 is 10.2 Å². The van der Waals surface area contributed by atoms with Crippen LogP contribution in [-0.4, -0.2) is 44.8 Å². The normalized spacial score (nSPS) is 11.9. The lowest BCUT2D eigenvalue weighted by molar-refractivity contribution is -0.139. The van der Waals surface area contributed by atoms with Gasteiger partial charge in [0.05, 0.1) is 10.6 Å². The van der Waals surface area contributed by atoms with Crippen molar-refractivity contribution in [2.24, 2.45) is 0 Å². The van der Waals surface area contributed by atoms with E-state index in [4.69, 9.17) is 0 Å². The van der Waals surface area contributed by atoms with Crippen LogP contribution in [0.2, 0.25) is 0 Å². The number of anilines is 1. The van der Waals surface area contributed by atoms with Crippen LogP contribution >= 0.6 is 0 Å². The lowest BCUT2D eigenvalue weighted by atomic mass is 10.0. The summed E-state index contributed by atoms with van der Waals surface area (Å²) in [4.78, 5) is 29.1. The molecule has 7 nitrogen and oxygen atoms in total. The monoisotopic (exact) mass is 569 g/mol. The summed E-state index contributed by atoms with van der Waals surface area (Å²) in [5.74, 6) is -0.821. The highest BCUT2D eigenvalue weighted by Crippen LogP contribution is 2.26. The standard InChI is InChI=1S/C33H35N3O4S/c1-25-17-19-28(20-18-25)23-35(31(33(38)34-3)22-27-12-6-4-7-13-27)32(37)24-36(29-14-10-11-26(2)21-29)41(39,40)30-15-8-5-9-16-30/h4-21,31H,22-24H2,1-3H3,(H,34,38). The number of amides is 2. The van der Waals surface area contributed by atoms with E-state index < -0.39 is 28.5 Å². The van der Waals surface area contributed by atoms with Crippen molar-refractivity contribution in [3.63, 3.8) is 0 Å². The van der Waals surface area contributed by atoms with Crippen molar-refractivity contribution in [2.75, 3.05) is 17.9 Å². The van der Waals surface area contributed by atoms with Gasteiger partial charge in [-0.3, -0.25) is 13.9 Å². The second kappa shape index (κ2) is 13.3. The van der Waals surface area contributed by atoms with Gasteiger partial charge in [-0.25, -0.2) is 8.42 Å². The first kappa shape index (κ1) is 29.6. The number of aryl methyl sites for hydroxylation is 2. The fraction of sp³-hybridized carbons (Fsp3) is 0.212. The fourth-order valence-electron chi connectivity index (χ4n) is 4.64. The van der Waals surface area contributed by atoms with Crippen LogP contribution < -0.4 is 9.62 Å². The molecule has 1 atom stereocenters. The van der Waals surface area contributed by atoms with E-state index >= 15 is 0 Å². The van der Waals surface area contributed by atoms with Crippen LogP contribution in [0.4, 0.5) is 5.69 Å². The minimum Gasteiger partial charge on any atom is -0.357 e. The van der Waals surface area contributed by atoms with Crippen molar-refractivity contribution in [1.29, 1.82) is 0 Å². The Morgan fingerprint density at radius 1 is 0.756 bits per heavy atom. The number of nitrogens with one attached hydrogen (secondary N) is 1. The summed E-state index contributed by atoms with van der Waals surface area (Å²) >= 11 is 0. The van der Waals surface area contributed by atoms with Crippen LogP contribution in [0.3, 0.4) is 0 Å². The molecule has 0 heterocycles. The number of hydrogen-bond acceptors (Lipinski definition) is 4. The van der Waals surface area contributed by atoms with E-state index in [1.54, 1.807) is 36.4 Å². The Balaban J connectivity index is 1.78. The molecular formula is C33H35N3O4S. The molecule has 1 N–H and O–H groups in total. The van der Waals surface area contributed by atoms with Gasteiger partial charge in [-0.2, -0.15) is 0 Å². The molecule has 41 heavy (non-hydrogen) atoms. The van der Waals surface area contributed by atoms with E-state index in [-0.39, 0.29) is 23.8 Å². The van der Waals surface area contributed by atoms with Crippen molar-refractivity contribution < 1.29 is 18.0 Å². The Morgan fingerprint density at radius 3 is 2.00 bits per heavy atom. The third-order valence-electron chi connectivity index (χ3n) is 6.89. The summed E-state index contributed by atoms with van der Waals surface area (Å²) in [6.07, 6.45) is 0.272. The first-order valence-corrected chi connectivity index (χ1v) is 14.9. The predicted molar refractivity (Wildman–Crippen MR) is 162 cm³/mol. The molecule has 4 aromatic rings. The quantitative estimate of drug-likeness (QED) is 0.279. The lowest BCUT2D eigenvalue weighted by Gasteiger charge is -2.33. The third-order valence-corrected chi connectivity index (χ3v) is 8.68. The van der Waals surface area contributed by atoms with Crippen LogP contribution in [0.5, 0.6) is 0 Å². The zero-order valence-electron chi connectivity index (χ0n) is 23.5. The lowest BCUT2D eigenvalue weighted by Crippen LogP contribution is -2.53. The molecule has 0 aliphatic carbocycles. The molecule has 0 aliphatic heterocycles. The highest BCUT2D eigenvalue weighted by atomic mass is 32.2. The van der Waals surface area contributed by atoms with Gasteiger partial charge in [-0.1, -0.05) is 90.5 Å². The Labute approximate surface area is 242 Å². The van der Waals surface area contributed by atoms with Gasteiger partial charge >= 0.3 is 0 Å². The second-order valence-corrected chi connectivity index (χ2v) is 11.9. The smallest absolute Gasteiger partial charge is 0.264 e. The Kier molecular flexibility index (Phi) is 9.57. The molecule has 0 saturated carbocycles. The molecule has 8 heteroatoms. The number of benzene rings is 4. The van der Waals surface area contributed by atoms with Crippen LogP contribution in [0.25, 0.3) is 0 Å². The number of nitrogens with zero attached hydrogens (tertiary/aromatic N) is 2. The zero-order chi connectivity index (χ0) is 29.4. The summed E-state index contributed by atoms with van der Waals surface area (Å²) in [6, 6.07) is 31.4. The largest absolute Gasteiger partial charge is 0.357 e. The number of carbonyl (C=O) groups is 2. The van der Waals surface area contributed by atoms with Crippen molar-refractivity contribution in [3.8, 4) is 0 Å². The van der Waals surface area contributed by atoms with E-state index in [2.05, 4.69) is 5.32 Å². The number of likely N-dealkylation sites (N-methyl/N-ethyl adjacent to an activating group) is 1. The molecule has 0 bridgehead atoms. The number of sulfonamides is 1. The molecular weight excluding hydrogens is 534 g/mol. The number of carbonyl (C=O) groups excluding carboxylic acids is 2. The molecule has 2 amide bonds. The van der Waals surface area contributed by atoms with Crippen LogP contribution in [0, 0.1) is 13.8 Å². The SMILES string of the molecule is CNC(=O)C(Cc1ccccc1)N(Cc1ccc(C)cc1)C(=O)CN(c1cccc(C)c1)S(=O)(=O)c1ccccc1. The second-order valence-electron chi connectivity index (χ2n) is 9.99. The minimum absolute atomic E-state index is 0.0755. The summed E-state index contributed by atoms with van der Waals surface area (Å²) in [6.45, 7) is 3.50. The zero-order valence-corrected chi connectivity index (χ0v) is 24.3.